The van der Waals surface area contributed by atoms with Gasteiger partial charge in [0, 0.05) is 5.02 Å². The Morgan fingerprint density at radius 3 is 2.25 bits per heavy atom. The van der Waals surface area contributed by atoms with E-state index in [4.69, 9.17) is 21.1 Å². The van der Waals surface area contributed by atoms with Gasteiger partial charge in [0.25, 0.3) is 0 Å². The van der Waals surface area contributed by atoms with Crippen LogP contribution in [0.1, 0.15) is 70.3 Å². The maximum atomic E-state index is 11.7. The van der Waals surface area contributed by atoms with Crippen molar-refractivity contribution in [3.63, 3.8) is 0 Å². The summed E-state index contributed by atoms with van der Waals surface area (Å²) in [5.41, 5.74) is 0.911. The molecule has 24 heavy (non-hydrogen) atoms. The van der Waals surface area contributed by atoms with Crippen LogP contribution in [0.5, 0.6) is 5.75 Å². The van der Waals surface area contributed by atoms with Crippen LogP contribution < -0.4 is 4.74 Å². The molecule has 1 rings (SSSR count). The highest BCUT2D eigenvalue weighted by molar-refractivity contribution is 6.30. The van der Waals surface area contributed by atoms with Gasteiger partial charge in [-0.05, 0) is 37.1 Å². The van der Waals surface area contributed by atoms with Gasteiger partial charge >= 0.3 is 5.97 Å². The second-order valence-corrected chi connectivity index (χ2v) is 6.68. The van der Waals surface area contributed by atoms with Crippen LogP contribution in [-0.4, -0.2) is 19.2 Å². The van der Waals surface area contributed by atoms with Gasteiger partial charge in [-0.1, -0.05) is 69.9 Å². The first-order valence-corrected chi connectivity index (χ1v) is 9.56. The van der Waals surface area contributed by atoms with Crippen LogP contribution in [0.2, 0.25) is 5.02 Å². The van der Waals surface area contributed by atoms with Crippen molar-refractivity contribution in [3.8, 4) is 5.75 Å². The first-order chi connectivity index (χ1) is 11.6. The average Bonchev–Trinajstić information content (AvgIpc) is 2.56. The number of aryl methyl sites for hydroxylation is 1. The van der Waals surface area contributed by atoms with E-state index in [1.165, 1.54) is 44.9 Å². The Morgan fingerprint density at radius 2 is 1.62 bits per heavy atom. The first kappa shape index (κ1) is 20.8. The molecule has 0 bridgehead atoms. The lowest BCUT2D eigenvalue weighted by atomic mass is 10.1. The van der Waals surface area contributed by atoms with Gasteiger partial charge in [0.05, 0.1) is 6.61 Å². The zero-order valence-corrected chi connectivity index (χ0v) is 15.9. The number of esters is 1. The van der Waals surface area contributed by atoms with Crippen molar-refractivity contribution in [1.82, 2.24) is 0 Å². The van der Waals surface area contributed by atoms with Gasteiger partial charge in [-0.15, -0.1) is 0 Å². The maximum absolute atomic E-state index is 11.7. The van der Waals surface area contributed by atoms with Crippen molar-refractivity contribution in [1.29, 1.82) is 0 Å². The third-order valence-corrected chi connectivity index (χ3v) is 4.23. The number of carbonyl (C=O) groups excluding carboxylic acids is 1. The molecule has 1 aromatic carbocycles. The molecule has 1 aromatic rings. The van der Waals surface area contributed by atoms with Gasteiger partial charge in [-0.25, -0.2) is 4.79 Å². The molecule has 0 fully saturated rings. The number of rotatable bonds is 13. The molecule has 0 N–H and O–H groups in total. The molecule has 0 saturated carbocycles. The SMILES string of the molecule is CCCCCCCCCCCOC(=O)COc1ccc(Cl)cc1C. The fourth-order valence-electron chi connectivity index (χ4n) is 2.55. The van der Waals surface area contributed by atoms with E-state index in [1.807, 2.05) is 13.0 Å². The first-order valence-electron chi connectivity index (χ1n) is 9.18. The summed E-state index contributed by atoms with van der Waals surface area (Å²) in [7, 11) is 0. The molecule has 0 amide bonds. The second-order valence-electron chi connectivity index (χ2n) is 6.25. The number of hydrogen-bond donors (Lipinski definition) is 0. The molecule has 0 atom stereocenters. The average molecular weight is 355 g/mol. The molecule has 0 aliphatic heterocycles. The van der Waals surface area contributed by atoms with Crippen LogP contribution in [0.25, 0.3) is 0 Å². The standard InChI is InChI=1S/C20H31ClO3/c1-3-4-5-6-7-8-9-10-11-14-23-20(22)16-24-19-13-12-18(21)15-17(19)2/h12-13,15H,3-11,14,16H2,1-2H3. The summed E-state index contributed by atoms with van der Waals surface area (Å²) in [6, 6.07) is 5.33. The van der Waals surface area contributed by atoms with Crippen molar-refractivity contribution in [2.75, 3.05) is 13.2 Å². The molecule has 0 heterocycles. The minimum atomic E-state index is -0.316. The van der Waals surface area contributed by atoms with Gasteiger partial charge in [0.15, 0.2) is 6.61 Å². The van der Waals surface area contributed by atoms with Crippen LogP contribution in [0.3, 0.4) is 0 Å². The van der Waals surface area contributed by atoms with Crippen LogP contribution in [-0.2, 0) is 9.53 Å². The lowest BCUT2D eigenvalue weighted by molar-refractivity contribution is -0.146. The number of carbonyl (C=O) groups is 1. The molecule has 4 heteroatoms. The summed E-state index contributed by atoms with van der Waals surface area (Å²) in [5.74, 6) is 0.350. The van der Waals surface area contributed by atoms with Crippen molar-refractivity contribution >= 4 is 17.6 Å². The molecule has 0 aliphatic rings. The highest BCUT2D eigenvalue weighted by Crippen LogP contribution is 2.21. The number of hydrogen-bond acceptors (Lipinski definition) is 3. The normalized spacial score (nSPS) is 10.6. The predicted octanol–water partition coefficient (Wildman–Crippen LogP) is 6.10. The Hall–Kier alpha value is -1.22. The third-order valence-electron chi connectivity index (χ3n) is 3.99. The fraction of sp³-hybridized carbons (Fsp3) is 0.650. The summed E-state index contributed by atoms with van der Waals surface area (Å²) in [6.45, 7) is 4.56. The van der Waals surface area contributed by atoms with Crippen LogP contribution in [0.15, 0.2) is 18.2 Å². The molecule has 0 radical (unpaired) electrons. The number of halogens is 1. The van der Waals surface area contributed by atoms with Crippen LogP contribution in [0.4, 0.5) is 0 Å². The molecule has 0 saturated heterocycles. The van der Waals surface area contributed by atoms with E-state index >= 15 is 0 Å². The molecule has 3 nitrogen and oxygen atoms in total. The van der Waals surface area contributed by atoms with E-state index in [1.54, 1.807) is 12.1 Å². The largest absolute Gasteiger partial charge is 0.482 e. The number of benzene rings is 1. The summed E-state index contributed by atoms with van der Waals surface area (Å²) >= 11 is 5.88. The Balaban J connectivity index is 1.98. The van der Waals surface area contributed by atoms with Crippen LogP contribution in [0, 0.1) is 6.92 Å². The highest BCUT2D eigenvalue weighted by atomic mass is 35.5. The van der Waals surface area contributed by atoms with E-state index in [-0.39, 0.29) is 12.6 Å². The van der Waals surface area contributed by atoms with E-state index in [0.717, 1.165) is 18.4 Å². The van der Waals surface area contributed by atoms with E-state index in [9.17, 15) is 4.79 Å². The van der Waals surface area contributed by atoms with Crippen LogP contribution >= 0.6 is 11.6 Å². The predicted molar refractivity (Wildman–Crippen MR) is 99.9 cm³/mol. The Kier molecular flexibility index (Phi) is 11.4. The van der Waals surface area contributed by atoms with E-state index in [0.29, 0.717) is 17.4 Å². The van der Waals surface area contributed by atoms with Crippen molar-refractivity contribution in [3.05, 3.63) is 28.8 Å². The zero-order chi connectivity index (χ0) is 17.6. The van der Waals surface area contributed by atoms with Gasteiger partial charge in [0.1, 0.15) is 5.75 Å². The summed E-state index contributed by atoms with van der Waals surface area (Å²) in [5, 5.41) is 0.660. The number of unbranched alkanes of at least 4 members (excludes halogenated alkanes) is 8. The minimum Gasteiger partial charge on any atom is -0.482 e. The minimum absolute atomic E-state index is 0.0557. The van der Waals surface area contributed by atoms with E-state index < -0.39 is 0 Å². The lowest BCUT2D eigenvalue weighted by Gasteiger charge is -2.09. The van der Waals surface area contributed by atoms with E-state index in [2.05, 4.69) is 6.92 Å². The summed E-state index contributed by atoms with van der Waals surface area (Å²) in [4.78, 5) is 11.7. The van der Waals surface area contributed by atoms with Crippen molar-refractivity contribution < 1.29 is 14.3 Å². The molecule has 0 spiro atoms. The van der Waals surface area contributed by atoms with Gasteiger partial charge in [-0.3, -0.25) is 0 Å². The van der Waals surface area contributed by atoms with Gasteiger partial charge in [-0.2, -0.15) is 0 Å². The summed E-state index contributed by atoms with van der Waals surface area (Å²) < 4.78 is 10.7. The van der Waals surface area contributed by atoms with Gasteiger partial charge < -0.3 is 9.47 Å². The molecule has 0 aromatic heterocycles. The Labute approximate surface area is 151 Å². The molecular weight excluding hydrogens is 324 g/mol. The summed E-state index contributed by atoms with van der Waals surface area (Å²) in [6.07, 6.45) is 11.3. The smallest absolute Gasteiger partial charge is 0.344 e. The number of ether oxygens (including phenoxy) is 2. The zero-order valence-electron chi connectivity index (χ0n) is 15.1. The molecular formula is C20H31ClO3. The fourth-order valence-corrected chi connectivity index (χ4v) is 2.78. The molecule has 136 valence electrons. The van der Waals surface area contributed by atoms with Gasteiger partial charge in [0.2, 0.25) is 0 Å². The highest BCUT2D eigenvalue weighted by Gasteiger charge is 2.06. The Bertz CT molecular complexity index is 474. The lowest BCUT2D eigenvalue weighted by Crippen LogP contribution is -2.15. The Morgan fingerprint density at radius 1 is 1.00 bits per heavy atom. The maximum Gasteiger partial charge on any atom is 0.344 e. The molecule has 0 unspecified atom stereocenters. The third kappa shape index (κ3) is 9.82. The quantitative estimate of drug-likeness (QED) is 0.317. The second kappa shape index (κ2) is 13.1. The molecule has 0 aliphatic carbocycles. The van der Waals surface area contributed by atoms with Crippen molar-refractivity contribution in [2.24, 2.45) is 0 Å². The monoisotopic (exact) mass is 354 g/mol. The topological polar surface area (TPSA) is 35.5 Å². The van der Waals surface area contributed by atoms with Crippen molar-refractivity contribution in [2.45, 2.75) is 71.6 Å².